The summed E-state index contributed by atoms with van der Waals surface area (Å²) in [6, 6.07) is 15.0. The molecule has 0 aromatic heterocycles. The predicted molar refractivity (Wildman–Crippen MR) is 128 cm³/mol. The van der Waals surface area contributed by atoms with Gasteiger partial charge in [-0.1, -0.05) is 18.2 Å². The summed E-state index contributed by atoms with van der Waals surface area (Å²) >= 11 is 0. The molecule has 0 bridgehead atoms. The van der Waals surface area contributed by atoms with Crippen molar-refractivity contribution in [1.82, 2.24) is 0 Å². The van der Waals surface area contributed by atoms with Crippen molar-refractivity contribution in [1.29, 1.82) is 0 Å². The Kier molecular flexibility index (Phi) is 6.91. The van der Waals surface area contributed by atoms with Crippen LogP contribution in [0, 0.1) is 0 Å². The molecule has 3 aromatic carbocycles. The second kappa shape index (κ2) is 10.2. The van der Waals surface area contributed by atoms with Crippen LogP contribution in [0.3, 0.4) is 0 Å². The summed E-state index contributed by atoms with van der Waals surface area (Å²) in [5, 5.41) is 0. The predicted octanol–water partition coefficient (Wildman–Crippen LogP) is 4.95. The highest BCUT2D eigenvalue weighted by atomic mass is 16.6. The maximum absolute atomic E-state index is 13.3. The Morgan fingerprint density at radius 2 is 1.60 bits per heavy atom. The van der Waals surface area contributed by atoms with Crippen LogP contribution in [0.25, 0.3) is 6.08 Å². The lowest BCUT2D eigenvalue weighted by molar-refractivity contribution is 0.0720. The lowest BCUT2D eigenvalue weighted by atomic mass is 10.1. The molecule has 0 saturated heterocycles. The zero-order valence-corrected chi connectivity index (χ0v) is 19.7. The summed E-state index contributed by atoms with van der Waals surface area (Å²) in [4.78, 5) is 26.2. The number of benzene rings is 3. The van der Waals surface area contributed by atoms with Gasteiger partial charge >= 0.3 is 5.97 Å². The number of para-hydroxylation sites is 1. The molecule has 0 radical (unpaired) electrons. The summed E-state index contributed by atoms with van der Waals surface area (Å²) in [5.41, 5.74) is 0.951. The molecule has 0 spiro atoms. The van der Waals surface area contributed by atoms with E-state index in [2.05, 4.69) is 0 Å². The maximum atomic E-state index is 13.3. The van der Waals surface area contributed by atoms with Gasteiger partial charge < -0.3 is 28.4 Å². The molecule has 1 aliphatic heterocycles. The molecule has 0 saturated carbocycles. The third kappa shape index (κ3) is 4.63. The number of ether oxygens (including phenoxy) is 6. The topological polar surface area (TPSA) is 89.5 Å². The van der Waals surface area contributed by atoms with Gasteiger partial charge in [-0.15, -0.1) is 0 Å². The van der Waals surface area contributed by atoms with Crippen LogP contribution in [-0.4, -0.2) is 39.7 Å². The number of ketones is 1. The summed E-state index contributed by atoms with van der Waals surface area (Å²) in [6.45, 7) is 2.15. The van der Waals surface area contributed by atoms with Crippen molar-refractivity contribution in [3.63, 3.8) is 0 Å². The van der Waals surface area contributed by atoms with Gasteiger partial charge in [-0.05, 0) is 43.3 Å². The second-order valence-electron chi connectivity index (χ2n) is 7.34. The van der Waals surface area contributed by atoms with Crippen LogP contribution in [0.2, 0.25) is 0 Å². The van der Waals surface area contributed by atoms with E-state index in [4.69, 9.17) is 28.4 Å². The van der Waals surface area contributed by atoms with Crippen LogP contribution in [0.15, 0.2) is 60.4 Å². The van der Waals surface area contributed by atoms with Crippen molar-refractivity contribution < 1.29 is 38.0 Å². The van der Waals surface area contributed by atoms with Gasteiger partial charge in [0.15, 0.2) is 17.3 Å². The standard InChI is InChI=1S/C27H24O8/c1-5-33-21-11-6-8-16(14-23-25(28)18-13-12-17(30-2)15-22(18)34-23)26(21)35-27(29)24-19(31-3)9-7-10-20(24)32-4/h6-15H,5H2,1-4H3/b23-14-. The third-order valence-corrected chi connectivity index (χ3v) is 5.30. The average Bonchev–Trinajstić information content (AvgIpc) is 3.19. The van der Waals surface area contributed by atoms with Gasteiger partial charge in [0, 0.05) is 11.6 Å². The molecule has 1 aliphatic rings. The fraction of sp³-hybridized carbons (Fsp3) is 0.185. The van der Waals surface area contributed by atoms with E-state index in [1.165, 1.54) is 27.4 Å². The monoisotopic (exact) mass is 476 g/mol. The SMILES string of the molecule is CCOc1cccc(/C=C2\Oc3cc(OC)ccc3C2=O)c1OC(=O)c1c(OC)cccc1OC. The van der Waals surface area contributed by atoms with Crippen molar-refractivity contribution in [2.75, 3.05) is 27.9 Å². The van der Waals surface area contributed by atoms with Crippen molar-refractivity contribution in [2.45, 2.75) is 6.92 Å². The maximum Gasteiger partial charge on any atom is 0.351 e. The van der Waals surface area contributed by atoms with Crippen molar-refractivity contribution in [3.05, 3.63) is 77.0 Å². The highest BCUT2D eigenvalue weighted by Gasteiger charge is 2.29. The number of Topliss-reactive ketones (excluding diaryl/α,β-unsaturated/α-hetero) is 1. The lowest BCUT2D eigenvalue weighted by Crippen LogP contribution is -2.13. The number of rotatable bonds is 8. The second-order valence-corrected chi connectivity index (χ2v) is 7.34. The van der Waals surface area contributed by atoms with Gasteiger partial charge in [-0.3, -0.25) is 4.79 Å². The van der Waals surface area contributed by atoms with E-state index >= 15 is 0 Å². The van der Waals surface area contributed by atoms with Gasteiger partial charge in [0.1, 0.15) is 28.6 Å². The van der Waals surface area contributed by atoms with E-state index in [-0.39, 0.29) is 22.9 Å². The zero-order valence-electron chi connectivity index (χ0n) is 19.7. The number of esters is 1. The largest absolute Gasteiger partial charge is 0.497 e. The number of carbonyl (C=O) groups is 2. The lowest BCUT2D eigenvalue weighted by Gasteiger charge is -2.16. The van der Waals surface area contributed by atoms with Crippen LogP contribution in [0.1, 0.15) is 33.2 Å². The third-order valence-electron chi connectivity index (χ3n) is 5.30. The Hall–Kier alpha value is -4.46. The Bertz CT molecular complexity index is 1290. The number of hydrogen-bond acceptors (Lipinski definition) is 8. The minimum absolute atomic E-state index is 0.0778. The fourth-order valence-corrected chi connectivity index (χ4v) is 3.66. The van der Waals surface area contributed by atoms with Crippen LogP contribution < -0.4 is 28.4 Å². The number of hydrogen-bond donors (Lipinski definition) is 0. The molecule has 0 N–H and O–H groups in total. The summed E-state index contributed by atoms with van der Waals surface area (Å²) in [7, 11) is 4.43. The molecule has 180 valence electrons. The first-order valence-electron chi connectivity index (χ1n) is 10.8. The highest BCUT2D eigenvalue weighted by Crippen LogP contribution is 2.39. The zero-order chi connectivity index (χ0) is 24.9. The highest BCUT2D eigenvalue weighted by molar-refractivity contribution is 6.14. The van der Waals surface area contributed by atoms with Crippen LogP contribution >= 0.6 is 0 Å². The molecule has 0 amide bonds. The molecule has 0 fully saturated rings. The van der Waals surface area contributed by atoms with Gasteiger partial charge in [0.25, 0.3) is 0 Å². The molecular weight excluding hydrogens is 452 g/mol. The Balaban J connectivity index is 1.74. The average molecular weight is 476 g/mol. The van der Waals surface area contributed by atoms with E-state index in [0.717, 1.165) is 0 Å². The van der Waals surface area contributed by atoms with Gasteiger partial charge in [-0.2, -0.15) is 0 Å². The smallest absolute Gasteiger partial charge is 0.351 e. The number of allylic oxidation sites excluding steroid dienone is 1. The first kappa shape index (κ1) is 23.7. The molecule has 8 heteroatoms. The molecule has 3 aromatic rings. The molecule has 1 heterocycles. The molecule has 0 unspecified atom stereocenters. The number of fused-ring (bicyclic) bond motifs is 1. The minimum Gasteiger partial charge on any atom is -0.497 e. The molecular formula is C27H24O8. The van der Waals surface area contributed by atoms with E-state index in [0.29, 0.717) is 46.5 Å². The van der Waals surface area contributed by atoms with E-state index in [1.807, 2.05) is 6.92 Å². The Morgan fingerprint density at radius 3 is 2.26 bits per heavy atom. The van der Waals surface area contributed by atoms with E-state index in [1.54, 1.807) is 54.6 Å². The summed E-state index contributed by atoms with van der Waals surface area (Å²) in [6.07, 6.45) is 1.51. The molecule has 8 nitrogen and oxygen atoms in total. The van der Waals surface area contributed by atoms with Gasteiger partial charge in [-0.25, -0.2) is 4.79 Å². The van der Waals surface area contributed by atoms with Gasteiger partial charge in [0.2, 0.25) is 5.78 Å². The molecule has 4 rings (SSSR count). The van der Waals surface area contributed by atoms with Crippen molar-refractivity contribution in [2.24, 2.45) is 0 Å². The summed E-state index contributed by atoms with van der Waals surface area (Å²) in [5.74, 6) is 1.07. The van der Waals surface area contributed by atoms with Gasteiger partial charge in [0.05, 0.1) is 33.5 Å². The number of carbonyl (C=O) groups excluding carboxylic acids is 2. The van der Waals surface area contributed by atoms with E-state index in [9.17, 15) is 9.59 Å². The quantitative estimate of drug-likeness (QED) is 0.256. The molecule has 35 heavy (non-hydrogen) atoms. The van der Waals surface area contributed by atoms with E-state index < -0.39 is 5.97 Å². The summed E-state index contributed by atoms with van der Waals surface area (Å²) < 4.78 is 33.2. The fourth-order valence-electron chi connectivity index (χ4n) is 3.66. The van der Waals surface area contributed by atoms with Crippen molar-refractivity contribution >= 4 is 17.8 Å². The van der Waals surface area contributed by atoms with Crippen LogP contribution in [0.5, 0.6) is 34.5 Å². The van der Waals surface area contributed by atoms with Crippen LogP contribution in [0.4, 0.5) is 0 Å². The number of methoxy groups -OCH3 is 3. The van der Waals surface area contributed by atoms with Crippen molar-refractivity contribution in [3.8, 4) is 34.5 Å². The first-order valence-corrected chi connectivity index (χ1v) is 10.8. The Labute approximate surface area is 202 Å². The molecule has 0 atom stereocenters. The first-order chi connectivity index (χ1) is 17.0. The Morgan fingerprint density at radius 1 is 0.914 bits per heavy atom. The van der Waals surface area contributed by atoms with Crippen LogP contribution in [-0.2, 0) is 0 Å². The molecule has 0 aliphatic carbocycles. The normalized spacial score (nSPS) is 13.1. The minimum atomic E-state index is -0.710.